The van der Waals surface area contributed by atoms with Gasteiger partial charge in [-0.25, -0.2) is 9.00 Å². The van der Waals surface area contributed by atoms with Gasteiger partial charge in [0.05, 0.1) is 7.11 Å². The zero-order chi connectivity index (χ0) is 18.3. The van der Waals surface area contributed by atoms with Gasteiger partial charge in [0, 0.05) is 16.5 Å². The molecule has 0 amide bonds. The highest BCUT2D eigenvalue weighted by Gasteiger charge is 2.16. The molecular weight excluding hydrogens is 358 g/mol. The summed E-state index contributed by atoms with van der Waals surface area (Å²) in [5.41, 5.74) is 1.85. The number of thioether (sulfide) groups is 1. The first-order valence-electron chi connectivity index (χ1n) is 7.38. The Bertz CT molecular complexity index is 868. The first-order valence-corrected chi connectivity index (χ1v) is 10.2. The lowest BCUT2D eigenvalue weighted by molar-refractivity contribution is -0.132. The Morgan fingerprint density at radius 3 is 2.36 bits per heavy atom. The Morgan fingerprint density at radius 2 is 1.76 bits per heavy atom. The van der Waals surface area contributed by atoms with Crippen molar-refractivity contribution in [2.75, 3.05) is 13.4 Å². The first kappa shape index (κ1) is 19.1. The SMILES string of the molecule is COC(=O)C(=NOS(C)(=O)=Cc1ccccc1)Sc1ccc(C)cc1. The summed E-state index contributed by atoms with van der Waals surface area (Å²) in [6, 6.07) is 16.7. The minimum Gasteiger partial charge on any atom is -0.464 e. The number of oxime groups is 1. The van der Waals surface area contributed by atoms with Crippen molar-refractivity contribution in [3.63, 3.8) is 0 Å². The molecule has 0 spiro atoms. The molecule has 132 valence electrons. The van der Waals surface area contributed by atoms with Crippen molar-refractivity contribution >= 4 is 37.9 Å². The molecule has 0 aliphatic heterocycles. The van der Waals surface area contributed by atoms with E-state index in [2.05, 4.69) is 5.16 Å². The molecule has 2 aromatic rings. The van der Waals surface area contributed by atoms with Crippen molar-refractivity contribution in [3.05, 3.63) is 65.7 Å². The lowest BCUT2D eigenvalue weighted by Crippen LogP contribution is -2.14. The molecule has 1 unspecified atom stereocenters. The number of ether oxygens (including phenoxy) is 1. The van der Waals surface area contributed by atoms with E-state index in [-0.39, 0.29) is 5.04 Å². The highest BCUT2D eigenvalue weighted by molar-refractivity contribution is 8.15. The van der Waals surface area contributed by atoms with E-state index in [4.69, 9.17) is 9.02 Å². The maximum Gasteiger partial charge on any atom is 0.367 e. The van der Waals surface area contributed by atoms with Crippen LogP contribution in [0.5, 0.6) is 0 Å². The third kappa shape index (κ3) is 6.28. The average Bonchev–Trinajstić information content (AvgIpc) is 2.60. The summed E-state index contributed by atoms with van der Waals surface area (Å²) in [5, 5.41) is 5.23. The topological polar surface area (TPSA) is 65.0 Å². The summed E-state index contributed by atoms with van der Waals surface area (Å²) < 4.78 is 22.4. The van der Waals surface area contributed by atoms with Gasteiger partial charge in [0.1, 0.15) is 9.80 Å². The van der Waals surface area contributed by atoms with Gasteiger partial charge in [-0.15, -0.1) is 0 Å². The molecule has 0 aliphatic rings. The Hall–Kier alpha value is -2.25. The monoisotopic (exact) mass is 377 g/mol. The van der Waals surface area contributed by atoms with Crippen molar-refractivity contribution in [2.24, 2.45) is 5.16 Å². The van der Waals surface area contributed by atoms with Crippen LogP contribution >= 0.6 is 11.8 Å². The van der Waals surface area contributed by atoms with Gasteiger partial charge in [0.2, 0.25) is 5.04 Å². The predicted octanol–water partition coefficient (Wildman–Crippen LogP) is 3.27. The normalized spacial score (nSPS) is 13.6. The third-order valence-electron chi connectivity index (χ3n) is 3.01. The summed E-state index contributed by atoms with van der Waals surface area (Å²) in [6.07, 6.45) is 1.41. The Morgan fingerprint density at radius 1 is 1.12 bits per heavy atom. The van der Waals surface area contributed by atoms with E-state index in [1.54, 1.807) is 12.1 Å². The zero-order valence-corrected chi connectivity index (χ0v) is 15.8. The molecule has 0 saturated heterocycles. The van der Waals surface area contributed by atoms with E-state index in [1.807, 2.05) is 49.4 Å². The second-order valence-corrected chi connectivity index (χ2v) is 8.34. The van der Waals surface area contributed by atoms with E-state index >= 15 is 0 Å². The molecule has 0 radical (unpaired) electrons. The average molecular weight is 377 g/mol. The Kier molecular flexibility index (Phi) is 6.66. The number of rotatable bonds is 4. The Balaban J connectivity index is 2.22. The van der Waals surface area contributed by atoms with Gasteiger partial charge >= 0.3 is 5.97 Å². The highest BCUT2D eigenvalue weighted by Crippen LogP contribution is 2.21. The number of benzene rings is 2. The predicted molar refractivity (Wildman–Crippen MR) is 103 cm³/mol. The van der Waals surface area contributed by atoms with E-state index in [9.17, 15) is 9.00 Å². The molecule has 0 bridgehead atoms. The van der Waals surface area contributed by atoms with Crippen LogP contribution in [-0.2, 0) is 23.6 Å². The van der Waals surface area contributed by atoms with Crippen molar-refractivity contribution < 1.29 is 18.0 Å². The fourth-order valence-electron chi connectivity index (χ4n) is 1.81. The van der Waals surface area contributed by atoms with Crippen LogP contribution in [0, 0.1) is 6.92 Å². The van der Waals surface area contributed by atoms with Crippen molar-refractivity contribution in [3.8, 4) is 0 Å². The first-order chi connectivity index (χ1) is 11.9. The van der Waals surface area contributed by atoms with Crippen LogP contribution in [-0.4, -0.2) is 34.0 Å². The van der Waals surface area contributed by atoms with Crippen molar-refractivity contribution in [1.82, 2.24) is 0 Å². The number of carbonyl (C=O) groups is 1. The molecule has 25 heavy (non-hydrogen) atoms. The summed E-state index contributed by atoms with van der Waals surface area (Å²) in [6.45, 7) is 1.97. The number of hydrogen-bond donors (Lipinski definition) is 0. The standard InChI is InChI=1S/C18H19NO4S2/c1-14-9-11-16(12-10-14)24-17(18(20)22-2)19-23-25(3,21)13-15-7-5-4-6-8-15/h4-13H,1-3H3. The van der Waals surface area contributed by atoms with Gasteiger partial charge < -0.3 is 9.02 Å². The van der Waals surface area contributed by atoms with Crippen LogP contribution in [0.25, 0.3) is 0 Å². The van der Waals surface area contributed by atoms with E-state index in [0.717, 1.165) is 27.8 Å². The number of nitrogens with zero attached hydrogens (tertiary/aromatic N) is 1. The molecule has 5 nitrogen and oxygen atoms in total. The maximum atomic E-state index is 12.5. The summed E-state index contributed by atoms with van der Waals surface area (Å²) in [5.74, 6) is -0.652. The van der Waals surface area contributed by atoms with Crippen molar-refractivity contribution in [2.45, 2.75) is 11.8 Å². The summed E-state index contributed by atoms with van der Waals surface area (Å²) in [7, 11) is -1.60. The minimum atomic E-state index is -2.85. The lowest BCUT2D eigenvalue weighted by Gasteiger charge is -2.06. The number of carbonyl (C=O) groups excluding carboxylic acids is 1. The Labute approximate surface area is 152 Å². The van der Waals surface area contributed by atoms with Crippen LogP contribution in [0.15, 0.2) is 64.6 Å². The van der Waals surface area contributed by atoms with Crippen LogP contribution in [0.4, 0.5) is 0 Å². The van der Waals surface area contributed by atoms with Gasteiger partial charge in [-0.3, -0.25) is 0 Å². The zero-order valence-electron chi connectivity index (χ0n) is 14.2. The van der Waals surface area contributed by atoms with Crippen LogP contribution in [0.1, 0.15) is 11.1 Å². The van der Waals surface area contributed by atoms with Gasteiger partial charge in [0.25, 0.3) is 0 Å². The summed E-state index contributed by atoms with van der Waals surface area (Å²) in [4.78, 5) is 12.7. The quantitative estimate of drug-likeness (QED) is 0.204. The van der Waals surface area contributed by atoms with Crippen LogP contribution in [0.2, 0.25) is 0 Å². The smallest absolute Gasteiger partial charge is 0.367 e. The molecule has 2 aromatic carbocycles. The second-order valence-electron chi connectivity index (χ2n) is 5.24. The van der Waals surface area contributed by atoms with E-state index < -0.39 is 15.8 Å². The molecular formula is C18H19NO4S2. The molecule has 0 saturated carbocycles. The molecule has 0 heterocycles. The van der Waals surface area contributed by atoms with Gasteiger partial charge in [-0.05, 0) is 24.6 Å². The van der Waals surface area contributed by atoms with Gasteiger partial charge in [-0.1, -0.05) is 64.9 Å². The molecule has 0 N–H and O–H groups in total. The lowest BCUT2D eigenvalue weighted by atomic mass is 10.2. The van der Waals surface area contributed by atoms with Crippen LogP contribution < -0.4 is 0 Å². The second kappa shape index (κ2) is 8.73. The molecule has 0 aromatic heterocycles. The van der Waals surface area contributed by atoms with Gasteiger partial charge in [-0.2, -0.15) is 0 Å². The minimum absolute atomic E-state index is 0.0256. The molecule has 2 rings (SSSR count). The molecule has 7 heteroatoms. The fourth-order valence-corrected chi connectivity index (χ4v) is 3.51. The largest absolute Gasteiger partial charge is 0.464 e. The molecule has 0 fully saturated rings. The number of methoxy groups -OCH3 is 1. The van der Waals surface area contributed by atoms with E-state index in [0.29, 0.717) is 0 Å². The van der Waals surface area contributed by atoms with Crippen LogP contribution in [0.3, 0.4) is 0 Å². The summed E-state index contributed by atoms with van der Waals surface area (Å²) >= 11 is 1.09. The maximum absolute atomic E-state index is 12.5. The molecule has 0 aliphatic carbocycles. The third-order valence-corrected chi connectivity index (χ3v) is 5.03. The number of aryl methyl sites for hydroxylation is 1. The number of hydrogen-bond acceptors (Lipinski definition) is 6. The molecule has 1 atom stereocenters. The fraction of sp³-hybridized carbons (Fsp3) is 0.167. The van der Waals surface area contributed by atoms with Gasteiger partial charge in [0.15, 0.2) is 0 Å². The number of esters is 1. The van der Waals surface area contributed by atoms with Crippen molar-refractivity contribution in [1.29, 1.82) is 0 Å². The highest BCUT2D eigenvalue weighted by atomic mass is 32.2. The van der Waals surface area contributed by atoms with E-state index in [1.165, 1.54) is 18.7 Å².